The maximum absolute atomic E-state index is 12.4. The number of halogens is 1. The second-order valence-corrected chi connectivity index (χ2v) is 4.57. The fraction of sp³-hybridized carbons (Fsp3) is 0.429. The van der Waals surface area contributed by atoms with E-state index < -0.39 is 0 Å². The van der Waals surface area contributed by atoms with E-state index >= 15 is 0 Å². The van der Waals surface area contributed by atoms with E-state index in [4.69, 9.17) is 10.5 Å². The van der Waals surface area contributed by atoms with Gasteiger partial charge in [0.1, 0.15) is 6.61 Å². The van der Waals surface area contributed by atoms with E-state index in [1.165, 1.54) is 0 Å². The SMILES string of the molecule is CCCCc1cn2nc(OC/C(=C/F)CN)ccc2n1. The molecule has 2 aromatic rings. The lowest BCUT2D eigenvalue weighted by Crippen LogP contribution is -2.11. The van der Waals surface area contributed by atoms with E-state index in [-0.39, 0.29) is 13.2 Å². The summed E-state index contributed by atoms with van der Waals surface area (Å²) in [7, 11) is 0. The molecular formula is C14H19FN4O. The number of nitrogens with two attached hydrogens (primary N) is 1. The van der Waals surface area contributed by atoms with Crippen LogP contribution in [-0.2, 0) is 6.42 Å². The number of hydrogen-bond acceptors (Lipinski definition) is 4. The van der Waals surface area contributed by atoms with Gasteiger partial charge in [0.15, 0.2) is 5.65 Å². The van der Waals surface area contributed by atoms with Crippen molar-refractivity contribution in [1.82, 2.24) is 14.6 Å². The highest BCUT2D eigenvalue weighted by atomic mass is 19.1. The molecule has 6 heteroatoms. The fourth-order valence-corrected chi connectivity index (χ4v) is 1.77. The maximum atomic E-state index is 12.4. The minimum absolute atomic E-state index is 0.100. The smallest absolute Gasteiger partial charge is 0.232 e. The molecule has 0 saturated heterocycles. The molecule has 108 valence electrons. The normalized spacial score (nSPS) is 12.1. The summed E-state index contributed by atoms with van der Waals surface area (Å²) >= 11 is 0. The molecule has 0 amide bonds. The van der Waals surface area contributed by atoms with Gasteiger partial charge < -0.3 is 10.5 Å². The molecule has 0 aromatic carbocycles. The van der Waals surface area contributed by atoms with Crippen molar-refractivity contribution in [2.45, 2.75) is 26.2 Å². The Balaban J connectivity index is 2.08. The Morgan fingerprint density at radius 1 is 1.50 bits per heavy atom. The molecule has 2 N–H and O–H groups in total. The van der Waals surface area contributed by atoms with Gasteiger partial charge in [0, 0.05) is 18.2 Å². The average Bonchev–Trinajstić information content (AvgIpc) is 2.88. The van der Waals surface area contributed by atoms with Gasteiger partial charge in [-0.2, -0.15) is 0 Å². The standard InChI is InChI=1S/C14H19FN4O/c1-2-3-4-12-9-19-13(17-12)5-6-14(18-19)20-10-11(7-15)8-16/h5-7,9H,2-4,8,10,16H2,1H3/b11-7+. The number of unbranched alkanes of at least 4 members (excludes halogenated alkanes) is 1. The van der Waals surface area contributed by atoms with Crippen LogP contribution in [0.15, 0.2) is 30.2 Å². The molecule has 0 fully saturated rings. The first kappa shape index (κ1) is 14.5. The fourth-order valence-electron chi connectivity index (χ4n) is 1.77. The van der Waals surface area contributed by atoms with E-state index in [2.05, 4.69) is 17.0 Å². The highest BCUT2D eigenvalue weighted by Gasteiger charge is 2.05. The van der Waals surface area contributed by atoms with Crippen LogP contribution in [0.3, 0.4) is 0 Å². The zero-order chi connectivity index (χ0) is 14.4. The van der Waals surface area contributed by atoms with E-state index in [1.54, 1.807) is 10.6 Å². The number of aromatic nitrogens is 3. The zero-order valence-electron chi connectivity index (χ0n) is 11.6. The molecule has 2 rings (SSSR count). The molecule has 5 nitrogen and oxygen atoms in total. The summed E-state index contributed by atoms with van der Waals surface area (Å²) in [6.45, 7) is 2.38. The van der Waals surface area contributed by atoms with Crippen LogP contribution in [0.2, 0.25) is 0 Å². The Kier molecular flexibility index (Phi) is 5.06. The maximum Gasteiger partial charge on any atom is 0.232 e. The number of nitrogens with zero attached hydrogens (tertiary/aromatic N) is 3. The molecule has 2 aromatic heterocycles. The van der Waals surface area contributed by atoms with Gasteiger partial charge in [-0.15, -0.1) is 5.10 Å². The van der Waals surface area contributed by atoms with Gasteiger partial charge in [-0.05, 0) is 18.9 Å². The first-order valence-electron chi connectivity index (χ1n) is 6.73. The Hall–Kier alpha value is -1.95. The van der Waals surface area contributed by atoms with Gasteiger partial charge in [-0.1, -0.05) is 13.3 Å². The highest BCUT2D eigenvalue weighted by Crippen LogP contribution is 2.12. The van der Waals surface area contributed by atoms with Gasteiger partial charge >= 0.3 is 0 Å². The number of ether oxygens (including phenoxy) is 1. The monoisotopic (exact) mass is 278 g/mol. The van der Waals surface area contributed by atoms with Crippen LogP contribution in [0, 0.1) is 0 Å². The summed E-state index contributed by atoms with van der Waals surface area (Å²) in [5, 5.41) is 4.29. The van der Waals surface area contributed by atoms with Crippen LogP contribution >= 0.6 is 0 Å². The minimum atomic E-state index is 0.100. The highest BCUT2D eigenvalue weighted by molar-refractivity contribution is 5.39. The third kappa shape index (κ3) is 3.54. The van der Waals surface area contributed by atoms with Gasteiger partial charge in [0.2, 0.25) is 5.88 Å². The minimum Gasteiger partial charge on any atom is -0.472 e. The lowest BCUT2D eigenvalue weighted by atomic mass is 10.2. The van der Waals surface area contributed by atoms with Gasteiger partial charge in [-0.3, -0.25) is 0 Å². The molecule has 0 aliphatic heterocycles. The largest absolute Gasteiger partial charge is 0.472 e. The van der Waals surface area contributed by atoms with Gasteiger partial charge in [0.25, 0.3) is 0 Å². The van der Waals surface area contributed by atoms with Gasteiger partial charge in [0.05, 0.1) is 18.2 Å². The lowest BCUT2D eigenvalue weighted by molar-refractivity contribution is 0.328. The predicted molar refractivity (Wildman–Crippen MR) is 75.3 cm³/mol. The van der Waals surface area contributed by atoms with E-state index in [9.17, 15) is 4.39 Å². The van der Waals surface area contributed by atoms with E-state index in [0.29, 0.717) is 17.8 Å². The van der Waals surface area contributed by atoms with Crippen molar-refractivity contribution < 1.29 is 9.13 Å². The van der Waals surface area contributed by atoms with Crippen LogP contribution in [0.4, 0.5) is 4.39 Å². The molecule has 2 heterocycles. The van der Waals surface area contributed by atoms with Crippen LogP contribution in [0.25, 0.3) is 5.65 Å². The van der Waals surface area contributed by atoms with Gasteiger partial charge in [-0.25, -0.2) is 13.9 Å². The Labute approximate surface area is 117 Å². The Morgan fingerprint density at radius 2 is 2.35 bits per heavy atom. The third-order valence-electron chi connectivity index (χ3n) is 2.95. The topological polar surface area (TPSA) is 65.4 Å². The van der Waals surface area contributed by atoms with Crippen molar-refractivity contribution >= 4 is 5.65 Å². The molecule has 20 heavy (non-hydrogen) atoms. The van der Waals surface area contributed by atoms with E-state index in [0.717, 1.165) is 30.6 Å². The quantitative estimate of drug-likeness (QED) is 0.843. The summed E-state index contributed by atoms with van der Waals surface area (Å²) in [5.41, 5.74) is 7.55. The molecular weight excluding hydrogens is 259 g/mol. The Morgan fingerprint density at radius 3 is 3.05 bits per heavy atom. The molecule has 0 unspecified atom stereocenters. The summed E-state index contributed by atoms with van der Waals surface area (Å²) < 4.78 is 19.5. The van der Waals surface area contributed by atoms with Crippen molar-refractivity contribution in [3.05, 3.63) is 35.9 Å². The first-order valence-corrected chi connectivity index (χ1v) is 6.73. The number of hydrogen-bond donors (Lipinski definition) is 1. The molecule has 0 bridgehead atoms. The third-order valence-corrected chi connectivity index (χ3v) is 2.95. The van der Waals surface area contributed by atoms with Crippen LogP contribution < -0.4 is 10.5 Å². The number of rotatable bonds is 7. The molecule has 0 saturated carbocycles. The van der Waals surface area contributed by atoms with Crippen molar-refractivity contribution in [3.8, 4) is 5.88 Å². The summed E-state index contributed by atoms with van der Waals surface area (Å²) in [5.74, 6) is 0.421. The van der Waals surface area contributed by atoms with Crippen molar-refractivity contribution in [3.63, 3.8) is 0 Å². The molecule has 0 spiro atoms. The lowest BCUT2D eigenvalue weighted by Gasteiger charge is -2.05. The van der Waals surface area contributed by atoms with Crippen molar-refractivity contribution in [1.29, 1.82) is 0 Å². The zero-order valence-corrected chi connectivity index (χ0v) is 11.6. The molecule has 0 aliphatic rings. The summed E-state index contributed by atoms with van der Waals surface area (Å²) in [6.07, 6.45) is 5.55. The summed E-state index contributed by atoms with van der Waals surface area (Å²) in [4.78, 5) is 4.47. The molecule has 0 aliphatic carbocycles. The number of imidazole rings is 1. The first-order chi connectivity index (χ1) is 9.76. The second-order valence-electron chi connectivity index (χ2n) is 4.57. The second kappa shape index (κ2) is 7.00. The van der Waals surface area contributed by atoms with Crippen molar-refractivity contribution in [2.24, 2.45) is 5.73 Å². The average molecular weight is 278 g/mol. The van der Waals surface area contributed by atoms with Crippen LogP contribution in [-0.4, -0.2) is 27.7 Å². The van der Waals surface area contributed by atoms with Crippen molar-refractivity contribution in [2.75, 3.05) is 13.2 Å². The molecule has 0 radical (unpaired) electrons. The molecule has 0 atom stereocenters. The van der Waals surface area contributed by atoms with E-state index in [1.807, 2.05) is 12.3 Å². The van der Waals surface area contributed by atoms with Crippen LogP contribution in [0.1, 0.15) is 25.5 Å². The number of aryl methyl sites for hydroxylation is 1. The number of fused-ring (bicyclic) bond motifs is 1. The van der Waals surface area contributed by atoms with Crippen LogP contribution in [0.5, 0.6) is 5.88 Å². The predicted octanol–water partition coefficient (Wildman–Crippen LogP) is 2.26. The summed E-state index contributed by atoms with van der Waals surface area (Å²) in [6, 6.07) is 3.55. The Bertz CT molecular complexity index is 594.